The minimum atomic E-state index is 0.129. The van der Waals surface area contributed by atoms with Crippen LogP contribution in [0.4, 0.5) is 5.69 Å². The smallest absolute Gasteiger partial charge is 0.256 e. The summed E-state index contributed by atoms with van der Waals surface area (Å²) < 4.78 is 0. The van der Waals surface area contributed by atoms with Crippen LogP contribution in [0.25, 0.3) is 0 Å². The van der Waals surface area contributed by atoms with E-state index >= 15 is 0 Å². The van der Waals surface area contributed by atoms with Crippen LogP contribution in [0.3, 0.4) is 0 Å². The highest BCUT2D eigenvalue weighted by atomic mass is 16.2. The zero-order valence-electron chi connectivity index (χ0n) is 11.3. The lowest BCUT2D eigenvalue weighted by Crippen LogP contribution is -2.34. The van der Waals surface area contributed by atoms with E-state index in [1.165, 1.54) is 0 Å². The first-order chi connectivity index (χ1) is 8.63. The van der Waals surface area contributed by atoms with Crippen molar-refractivity contribution in [3.8, 4) is 0 Å². The number of hydrogen-bond acceptors (Lipinski definition) is 3. The van der Waals surface area contributed by atoms with Crippen LogP contribution in [0, 0.1) is 0 Å². The van der Waals surface area contributed by atoms with Gasteiger partial charge in [-0.1, -0.05) is 12.1 Å². The number of rotatable bonds is 3. The minimum absolute atomic E-state index is 0.129. The van der Waals surface area contributed by atoms with Crippen molar-refractivity contribution in [2.45, 2.75) is 12.5 Å². The maximum absolute atomic E-state index is 12.5. The molecule has 2 rings (SSSR count). The van der Waals surface area contributed by atoms with E-state index in [1.54, 1.807) is 0 Å². The fourth-order valence-corrected chi connectivity index (χ4v) is 2.41. The quantitative estimate of drug-likeness (QED) is 0.879. The van der Waals surface area contributed by atoms with Crippen LogP contribution in [0.15, 0.2) is 24.3 Å². The third-order valence-electron chi connectivity index (χ3n) is 3.61. The molecule has 0 radical (unpaired) electrons. The summed E-state index contributed by atoms with van der Waals surface area (Å²) in [5.74, 6) is 0.129. The maximum Gasteiger partial charge on any atom is 0.256 e. The van der Waals surface area contributed by atoms with E-state index in [0.717, 1.165) is 30.8 Å². The maximum atomic E-state index is 12.5. The average molecular weight is 247 g/mol. The van der Waals surface area contributed by atoms with Gasteiger partial charge in [0.05, 0.1) is 5.56 Å². The normalized spacial score (nSPS) is 19.3. The number of carbonyl (C=O) groups is 1. The highest BCUT2D eigenvalue weighted by molar-refractivity contribution is 5.99. The van der Waals surface area contributed by atoms with Crippen molar-refractivity contribution < 1.29 is 4.79 Å². The number of para-hydroxylation sites is 1. The van der Waals surface area contributed by atoms with Gasteiger partial charge in [0.15, 0.2) is 0 Å². The standard InChI is InChI=1S/C14H21N3O/c1-15-13-7-5-4-6-12(13)14(18)17-9-8-11(10-17)16(2)3/h4-7,11,15H,8-10H2,1-3H3. The lowest BCUT2D eigenvalue weighted by atomic mass is 10.1. The van der Waals surface area contributed by atoms with E-state index < -0.39 is 0 Å². The summed E-state index contributed by atoms with van der Waals surface area (Å²) in [6, 6.07) is 8.16. The van der Waals surface area contributed by atoms with E-state index in [1.807, 2.05) is 36.2 Å². The van der Waals surface area contributed by atoms with Gasteiger partial charge in [0.1, 0.15) is 0 Å². The molecule has 1 aliphatic heterocycles. The minimum Gasteiger partial charge on any atom is -0.387 e. The number of likely N-dealkylation sites (N-methyl/N-ethyl adjacent to an activating group) is 1. The molecular formula is C14H21N3O. The summed E-state index contributed by atoms with van der Waals surface area (Å²) in [5, 5.41) is 3.08. The van der Waals surface area contributed by atoms with Crippen LogP contribution in [-0.2, 0) is 0 Å². The van der Waals surface area contributed by atoms with Crippen LogP contribution in [-0.4, -0.2) is 56.0 Å². The molecule has 1 atom stereocenters. The third kappa shape index (κ3) is 2.48. The molecule has 4 heteroatoms. The number of likely N-dealkylation sites (tertiary alicyclic amines) is 1. The molecule has 1 amide bonds. The number of anilines is 1. The first kappa shape index (κ1) is 12.9. The number of nitrogens with one attached hydrogen (secondary N) is 1. The lowest BCUT2D eigenvalue weighted by molar-refractivity contribution is 0.0784. The van der Waals surface area contributed by atoms with Gasteiger partial charge in [-0.25, -0.2) is 0 Å². The van der Waals surface area contributed by atoms with Crippen molar-refractivity contribution >= 4 is 11.6 Å². The van der Waals surface area contributed by atoms with Crippen molar-refractivity contribution in [1.82, 2.24) is 9.80 Å². The number of carbonyl (C=O) groups excluding carboxylic acids is 1. The largest absolute Gasteiger partial charge is 0.387 e. The molecule has 1 unspecified atom stereocenters. The van der Waals surface area contributed by atoms with Crippen molar-refractivity contribution in [1.29, 1.82) is 0 Å². The van der Waals surface area contributed by atoms with Gasteiger partial charge >= 0.3 is 0 Å². The average Bonchev–Trinajstić information content (AvgIpc) is 2.87. The molecule has 0 saturated carbocycles. The van der Waals surface area contributed by atoms with Gasteiger partial charge in [-0.3, -0.25) is 4.79 Å². The lowest BCUT2D eigenvalue weighted by Gasteiger charge is -2.21. The van der Waals surface area contributed by atoms with Crippen LogP contribution >= 0.6 is 0 Å². The first-order valence-corrected chi connectivity index (χ1v) is 6.36. The van der Waals surface area contributed by atoms with Gasteiger partial charge in [-0.2, -0.15) is 0 Å². The molecule has 1 heterocycles. The molecule has 1 aliphatic rings. The molecule has 1 aromatic rings. The summed E-state index contributed by atoms with van der Waals surface area (Å²) >= 11 is 0. The second kappa shape index (κ2) is 5.40. The summed E-state index contributed by atoms with van der Waals surface area (Å²) in [6.07, 6.45) is 1.06. The number of nitrogens with zero attached hydrogens (tertiary/aromatic N) is 2. The zero-order chi connectivity index (χ0) is 13.1. The summed E-state index contributed by atoms with van der Waals surface area (Å²) in [6.45, 7) is 1.67. The molecule has 4 nitrogen and oxygen atoms in total. The second-order valence-electron chi connectivity index (χ2n) is 4.95. The van der Waals surface area contributed by atoms with E-state index in [-0.39, 0.29) is 5.91 Å². The molecule has 0 aliphatic carbocycles. The Kier molecular flexibility index (Phi) is 3.87. The van der Waals surface area contributed by atoms with Crippen LogP contribution < -0.4 is 5.32 Å². The summed E-state index contributed by atoms with van der Waals surface area (Å²) in [5.41, 5.74) is 1.66. The van der Waals surface area contributed by atoms with E-state index in [4.69, 9.17) is 0 Å². The van der Waals surface area contributed by atoms with Gasteiger partial charge in [0.2, 0.25) is 0 Å². The molecule has 1 saturated heterocycles. The Hall–Kier alpha value is -1.55. The van der Waals surface area contributed by atoms with Crippen LogP contribution in [0.2, 0.25) is 0 Å². The Morgan fingerprint density at radius 1 is 1.39 bits per heavy atom. The predicted molar refractivity (Wildman–Crippen MR) is 74.0 cm³/mol. The Bertz CT molecular complexity index is 431. The molecule has 1 N–H and O–H groups in total. The molecular weight excluding hydrogens is 226 g/mol. The number of hydrogen-bond donors (Lipinski definition) is 1. The molecule has 1 fully saturated rings. The zero-order valence-corrected chi connectivity index (χ0v) is 11.3. The Morgan fingerprint density at radius 3 is 2.72 bits per heavy atom. The molecule has 0 bridgehead atoms. The summed E-state index contributed by atoms with van der Waals surface area (Å²) in [4.78, 5) is 16.6. The molecule has 98 valence electrons. The highest BCUT2D eigenvalue weighted by Gasteiger charge is 2.28. The van der Waals surface area contributed by atoms with E-state index in [2.05, 4.69) is 24.3 Å². The van der Waals surface area contributed by atoms with Crippen molar-refractivity contribution in [3.05, 3.63) is 29.8 Å². The Balaban J connectivity index is 2.13. The van der Waals surface area contributed by atoms with Crippen LogP contribution in [0.1, 0.15) is 16.8 Å². The van der Waals surface area contributed by atoms with Crippen LogP contribution in [0.5, 0.6) is 0 Å². The number of amides is 1. The van der Waals surface area contributed by atoms with Gasteiger partial charge in [0, 0.05) is 31.9 Å². The number of benzene rings is 1. The fourth-order valence-electron chi connectivity index (χ4n) is 2.41. The van der Waals surface area contributed by atoms with E-state index in [0.29, 0.717) is 6.04 Å². The molecule has 0 spiro atoms. The van der Waals surface area contributed by atoms with Crippen molar-refractivity contribution in [2.24, 2.45) is 0 Å². The molecule has 1 aromatic carbocycles. The van der Waals surface area contributed by atoms with Gasteiger partial charge in [-0.15, -0.1) is 0 Å². The monoisotopic (exact) mass is 247 g/mol. The second-order valence-corrected chi connectivity index (χ2v) is 4.95. The first-order valence-electron chi connectivity index (χ1n) is 6.36. The predicted octanol–water partition coefficient (Wildman–Crippen LogP) is 1.50. The molecule has 18 heavy (non-hydrogen) atoms. The SMILES string of the molecule is CNc1ccccc1C(=O)N1CCC(N(C)C)C1. The summed E-state index contributed by atoms with van der Waals surface area (Å²) in [7, 11) is 5.99. The fraction of sp³-hybridized carbons (Fsp3) is 0.500. The molecule has 0 aromatic heterocycles. The topological polar surface area (TPSA) is 35.6 Å². The van der Waals surface area contributed by atoms with Crippen molar-refractivity contribution in [2.75, 3.05) is 39.5 Å². The van der Waals surface area contributed by atoms with E-state index in [9.17, 15) is 4.79 Å². The van der Waals surface area contributed by atoms with Gasteiger partial charge in [0.25, 0.3) is 5.91 Å². The van der Waals surface area contributed by atoms with Gasteiger partial charge < -0.3 is 15.1 Å². The highest BCUT2D eigenvalue weighted by Crippen LogP contribution is 2.20. The van der Waals surface area contributed by atoms with Crippen molar-refractivity contribution in [3.63, 3.8) is 0 Å². The Morgan fingerprint density at radius 2 is 2.11 bits per heavy atom. The Labute approximate surface area is 109 Å². The van der Waals surface area contributed by atoms with Gasteiger partial charge in [-0.05, 0) is 32.6 Å². The third-order valence-corrected chi connectivity index (χ3v) is 3.61.